The first-order valence-electron chi connectivity index (χ1n) is 10.2. The molecule has 1 aliphatic heterocycles. The Kier molecular flexibility index (Phi) is 7.57. The number of guanidine groups is 1. The van der Waals surface area contributed by atoms with Crippen LogP contribution in [0.15, 0.2) is 59.6 Å². The zero-order chi connectivity index (χ0) is 21.3. The van der Waals surface area contributed by atoms with Gasteiger partial charge in [-0.3, -0.25) is 19.5 Å². The predicted molar refractivity (Wildman–Crippen MR) is 117 cm³/mol. The number of benzene rings is 2. The van der Waals surface area contributed by atoms with Gasteiger partial charge >= 0.3 is 0 Å². The summed E-state index contributed by atoms with van der Waals surface area (Å²) in [7, 11) is 1.70. The maximum absolute atomic E-state index is 12.4. The third kappa shape index (κ3) is 5.04. The second-order valence-corrected chi connectivity index (χ2v) is 7.18. The molecule has 0 saturated carbocycles. The average Bonchev–Trinajstić information content (AvgIpc) is 3.03. The lowest BCUT2D eigenvalue weighted by molar-refractivity contribution is 0.0652. The van der Waals surface area contributed by atoms with Crippen LogP contribution in [-0.4, -0.2) is 61.1 Å². The SMILES string of the molecule is CN=C(NCCCCN1C(=O)c2ccccc2C1=O)NCC(CO)c1ccccc1. The number of fused-ring (bicyclic) bond motifs is 1. The van der Waals surface area contributed by atoms with Gasteiger partial charge in [0.1, 0.15) is 0 Å². The van der Waals surface area contributed by atoms with Crippen LogP contribution >= 0.6 is 0 Å². The number of rotatable bonds is 9. The van der Waals surface area contributed by atoms with E-state index in [0.29, 0.717) is 43.1 Å². The summed E-state index contributed by atoms with van der Waals surface area (Å²) < 4.78 is 0. The first-order chi connectivity index (χ1) is 14.7. The minimum absolute atomic E-state index is 0.0152. The van der Waals surface area contributed by atoms with Gasteiger partial charge in [0.05, 0.1) is 17.7 Å². The molecule has 7 nitrogen and oxygen atoms in total. The average molecular weight is 409 g/mol. The predicted octanol–water partition coefficient (Wildman–Crippen LogP) is 2.00. The molecule has 0 aromatic heterocycles. The van der Waals surface area contributed by atoms with E-state index in [1.54, 1.807) is 31.3 Å². The molecule has 2 aromatic carbocycles. The van der Waals surface area contributed by atoms with Crippen LogP contribution in [0, 0.1) is 0 Å². The summed E-state index contributed by atoms with van der Waals surface area (Å²) in [6.45, 7) is 1.68. The Hall–Kier alpha value is -3.19. The highest BCUT2D eigenvalue weighted by Gasteiger charge is 2.34. The molecule has 0 bridgehead atoms. The second-order valence-electron chi connectivity index (χ2n) is 7.18. The standard InChI is InChI=1S/C23H28N4O3/c1-24-23(26-15-18(16-28)17-9-3-2-4-10-17)25-13-7-8-14-27-21(29)19-11-5-6-12-20(19)22(27)30/h2-6,9-12,18,28H,7-8,13-16H2,1H3,(H2,24,25,26). The maximum atomic E-state index is 12.4. The number of aliphatic imine (C=N–C) groups is 1. The van der Waals surface area contributed by atoms with Gasteiger partial charge in [-0.1, -0.05) is 42.5 Å². The van der Waals surface area contributed by atoms with Gasteiger partial charge in [0.15, 0.2) is 5.96 Å². The number of imide groups is 1. The Bertz CT molecular complexity index is 863. The lowest BCUT2D eigenvalue weighted by atomic mass is 10.0. The summed E-state index contributed by atoms with van der Waals surface area (Å²) in [5, 5.41) is 16.1. The van der Waals surface area contributed by atoms with Crippen LogP contribution in [0.4, 0.5) is 0 Å². The molecular formula is C23H28N4O3. The fraction of sp³-hybridized carbons (Fsp3) is 0.348. The molecule has 3 N–H and O–H groups in total. The molecule has 3 rings (SSSR count). The van der Waals surface area contributed by atoms with Crippen molar-refractivity contribution in [3.8, 4) is 0 Å². The Morgan fingerprint density at radius 2 is 1.60 bits per heavy atom. The van der Waals surface area contributed by atoms with Gasteiger partial charge in [-0.05, 0) is 30.5 Å². The van der Waals surface area contributed by atoms with Gasteiger partial charge in [0.25, 0.3) is 11.8 Å². The monoisotopic (exact) mass is 408 g/mol. The number of amides is 2. The van der Waals surface area contributed by atoms with Gasteiger partial charge < -0.3 is 15.7 Å². The molecule has 0 aliphatic carbocycles. The fourth-order valence-corrected chi connectivity index (χ4v) is 3.50. The van der Waals surface area contributed by atoms with E-state index in [4.69, 9.17) is 0 Å². The van der Waals surface area contributed by atoms with Crippen molar-refractivity contribution in [1.82, 2.24) is 15.5 Å². The third-order valence-corrected chi connectivity index (χ3v) is 5.21. The largest absolute Gasteiger partial charge is 0.396 e. The smallest absolute Gasteiger partial charge is 0.261 e. The van der Waals surface area contributed by atoms with Gasteiger partial charge in [-0.2, -0.15) is 0 Å². The number of carbonyl (C=O) groups is 2. The highest BCUT2D eigenvalue weighted by molar-refractivity contribution is 6.21. The number of unbranched alkanes of at least 4 members (excludes halogenated alkanes) is 1. The molecule has 2 amide bonds. The molecule has 0 radical (unpaired) electrons. The van der Waals surface area contributed by atoms with Crippen LogP contribution in [0.25, 0.3) is 0 Å². The molecular weight excluding hydrogens is 380 g/mol. The van der Waals surface area contributed by atoms with Crippen molar-refractivity contribution in [3.63, 3.8) is 0 Å². The van der Waals surface area contributed by atoms with E-state index < -0.39 is 0 Å². The van der Waals surface area contributed by atoms with Gasteiger partial charge in [-0.25, -0.2) is 0 Å². The fourth-order valence-electron chi connectivity index (χ4n) is 3.50. The lowest BCUT2D eigenvalue weighted by Gasteiger charge is -2.18. The summed E-state index contributed by atoms with van der Waals surface area (Å²) >= 11 is 0. The highest BCUT2D eigenvalue weighted by atomic mass is 16.3. The van der Waals surface area contributed by atoms with Crippen molar-refractivity contribution >= 4 is 17.8 Å². The number of nitrogens with zero attached hydrogens (tertiary/aromatic N) is 2. The van der Waals surface area contributed by atoms with Crippen LogP contribution in [0.5, 0.6) is 0 Å². The molecule has 0 spiro atoms. The van der Waals surface area contributed by atoms with Crippen molar-refractivity contribution in [2.45, 2.75) is 18.8 Å². The normalized spacial score (nSPS) is 14.6. The molecule has 7 heteroatoms. The zero-order valence-electron chi connectivity index (χ0n) is 17.2. The van der Waals surface area contributed by atoms with E-state index in [0.717, 1.165) is 12.0 Å². The quantitative estimate of drug-likeness (QED) is 0.255. The molecule has 158 valence electrons. The molecule has 0 fully saturated rings. The van der Waals surface area contributed by atoms with Crippen molar-refractivity contribution in [2.24, 2.45) is 4.99 Å². The van der Waals surface area contributed by atoms with Crippen LogP contribution in [0.1, 0.15) is 45.0 Å². The first-order valence-corrected chi connectivity index (χ1v) is 10.2. The molecule has 1 heterocycles. The molecule has 1 aliphatic rings. The first kappa shape index (κ1) is 21.5. The van der Waals surface area contributed by atoms with E-state index in [1.807, 2.05) is 30.3 Å². The number of nitrogens with one attached hydrogen (secondary N) is 2. The topological polar surface area (TPSA) is 94.0 Å². The second kappa shape index (κ2) is 10.5. The van der Waals surface area contributed by atoms with Crippen LogP contribution < -0.4 is 10.6 Å². The van der Waals surface area contributed by atoms with E-state index in [2.05, 4.69) is 15.6 Å². The van der Waals surface area contributed by atoms with Crippen molar-refractivity contribution in [2.75, 3.05) is 33.3 Å². The Morgan fingerprint density at radius 1 is 0.967 bits per heavy atom. The van der Waals surface area contributed by atoms with Gasteiger partial charge in [0, 0.05) is 32.6 Å². The van der Waals surface area contributed by atoms with Crippen LogP contribution in [-0.2, 0) is 0 Å². The van der Waals surface area contributed by atoms with Crippen LogP contribution in [0.3, 0.4) is 0 Å². The number of aliphatic hydroxyl groups is 1. The van der Waals surface area contributed by atoms with E-state index in [9.17, 15) is 14.7 Å². The molecule has 1 atom stereocenters. The number of hydrogen-bond acceptors (Lipinski definition) is 4. The summed E-state index contributed by atoms with van der Waals surface area (Å²) in [4.78, 5) is 30.3. The molecule has 1 unspecified atom stereocenters. The Labute approximate surface area is 176 Å². The summed E-state index contributed by atoms with van der Waals surface area (Å²) in [6, 6.07) is 16.8. The number of carbonyl (C=O) groups excluding carboxylic acids is 2. The van der Waals surface area contributed by atoms with E-state index >= 15 is 0 Å². The zero-order valence-corrected chi connectivity index (χ0v) is 17.2. The van der Waals surface area contributed by atoms with Gasteiger partial charge in [-0.15, -0.1) is 0 Å². The summed E-state index contributed by atoms with van der Waals surface area (Å²) in [6.07, 6.45) is 1.50. The summed E-state index contributed by atoms with van der Waals surface area (Å²) in [5.41, 5.74) is 2.05. The third-order valence-electron chi connectivity index (χ3n) is 5.21. The molecule has 30 heavy (non-hydrogen) atoms. The maximum Gasteiger partial charge on any atom is 0.261 e. The lowest BCUT2D eigenvalue weighted by Crippen LogP contribution is -2.40. The van der Waals surface area contributed by atoms with E-state index in [1.165, 1.54) is 4.90 Å². The highest BCUT2D eigenvalue weighted by Crippen LogP contribution is 2.22. The molecule has 2 aromatic rings. The van der Waals surface area contributed by atoms with Crippen molar-refractivity contribution < 1.29 is 14.7 Å². The minimum Gasteiger partial charge on any atom is -0.396 e. The Morgan fingerprint density at radius 3 is 2.20 bits per heavy atom. The number of hydrogen-bond donors (Lipinski definition) is 3. The minimum atomic E-state index is -0.211. The van der Waals surface area contributed by atoms with Gasteiger partial charge in [0.2, 0.25) is 0 Å². The Balaban J connectivity index is 1.38. The summed E-state index contributed by atoms with van der Waals surface area (Å²) in [5.74, 6) is 0.220. The van der Waals surface area contributed by atoms with Crippen molar-refractivity contribution in [1.29, 1.82) is 0 Å². The van der Waals surface area contributed by atoms with Crippen LogP contribution in [0.2, 0.25) is 0 Å². The van der Waals surface area contributed by atoms with E-state index in [-0.39, 0.29) is 24.3 Å². The van der Waals surface area contributed by atoms with Crippen molar-refractivity contribution in [3.05, 3.63) is 71.3 Å². The molecule has 0 saturated heterocycles. The number of aliphatic hydroxyl groups excluding tert-OH is 1.